The van der Waals surface area contributed by atoms with Crippen LogP contribution in [-0.4, -0.2) is 86.5 Å². The van der Waals surface area contributed by atoms with Crippen molar-refractivity contribution in [3.05, 3.63) is 48.5 Å². The monoisotopic (exact) mass is 516 g/mol. The van der Waals surface area contributed by atoms with E-state index in [1.54, 1.807) is 0 Å². The first-order chi connectivity index (χ1) is 15.6. The number of nitrogens with zero attached hydrogens (tertiary/aromatic N) is 2. The number of hydrogen-bond donors (Lipinski definition) is 0. The smallest absolute Gasteiger partial charge is 0.243 e. The van der Waals surface area contributed by atoms with E-state index in [1.165, 1.54) is 57.1 Å². The summed E-state index contributed by atoms with van der Waals surface area (Å²) in [4.78, 5) is -0.190. The summed E-state index contributed by atoms with van der Waals surface area (Å²) in [5.74, 6) is 0. The first-order valence-electron chi connectivity index (χ1n) is 10.2. The Morgan fingerprint density at radius 3 is 1.06 bits per heavy atom. The van der Waals surface area contributed by atoms with Crippen molar-refractivity contribution in [1.82, 2.24) is 8.61 Å². The van der Waals surface area contributed by atoms with Gasteiger partial charge in [0.15, 0.2) is 0 Å². The van der Waals surface area contributed by atoms with Crippen LogP contribution >= 0.6 is 0 Å². The zero-order valence-corrected chi connectivity index (χ0v) is 20.1. The van der Waals surface area contributed by atoms with Gasteiger partial charge in [-0.1, -0.05) is 0 Å². The molecule has 0 bridgehead atoms. The Balaban J connectivity index is 1.56. The molecule has 0 radical (unpaired) electrons. The molecule has 33 heavy (non-hydrogen) atoms. The predicted octanol–water partition coefficient (Wildman–Crippen LogP) is 0.561. The number of benzene rings is 2. The largest absolute Gasteiger partial charge is 0.379 e. The lowest BCUT2D eigenvalue weighted by atomic mass is 10.4. The van der Waals surface area contributed by atoms with Crippen LogP contribution in [0.2, 0.25) is 0 Å². The van der Waals surface area contributed by atoms with E-state index >= 15 is 0 Å². The maximum Gasteiger partial charge on any atom is 0.243 e. The Bertz CT molecular complexity index is 1200. The quantitative estimate of drug-likeness (QED) is 0.545. The van der Waals surface area contributed by atoms with Crippen molar-refractivity contribution in [1.29, 1.82) is 0 Å². The standard InChI is InChI=1S/C20H24N2O8S3/c23-31(24,17-1-5-19(6-2-17)32(25,26)21-9-13-29-14-10-21)18-3-7-20(8-4-18)33(27,28)22-11-15-30-16-12-22/h1-8H,9-16H2. The lowest BCUT2D eigenvalue weighted by Gasteiger charge is -2.26. The van der Waals surface area contributed by atoms with Crippen molar-refractivity contribution >= 4 is 29.9 Å². The normalized spacial score (nSPS) is 19.4. The molecule has 0 atom stereocenters. The molecule has 2 aliphatic rings. The third-order valence-corrected chi connectivity index (χ3v) is 11.1. The third kappa shape index (κ3) is 4.85. The molecular formula is C20H24N2O8S3. The second-order valence-electron chi connectivity index (χ2n) is 7.48. The fourth-order valence-corrected chi connectivity index (χ4v) is 7.67. The zero-order valence-electron chi connectivity index (χ0n) is 17.7. The summed E-state index contributed by atoms with van der Waals surface area (Å²) >= 11 is 0. The lowest BCUT2D eigenvalue weighted by molar-refractivity contribution is 0.0730. The molecule has 13 heteroatoms. The van der Waals surface area contributed by atoms with Crippen LogP contribution in [0.15, 0.2) is 68.1 Å². The number of sulfone groups is 1. The molecule has 0 aliphatic carbocycles. The van der Waals surface area contributed by atoms with Crippen molar-refractivity contribution in [3.63, 3.8) is 0 Å². The van der Waals surface area contributed by atoms with Crippen LogP contribution in [0.1, 0.15) is 0 Å². The second-order valence-corrected chi connectivity index (χ2v) is 13.3. The molecule has 2 aromatic carbocycles. The van der Waals surface area contributed by atoms with Gasteiger partial charge in [0.1, 0.15) is 0 Å². The number of hydrogen-bond acceptors (Lipinski definition) is 8. The van der Waals surface area contributed by atoms with Crippen LogP contribution in [0.3, 0.4) is 0 Å². The molecule has 0 saturated carbocycles. The molecule has 2 aliphatic heterocycles. The highest BCUT2D eigenvalue weighted by molar-refractivity contribution is 7.91. The average Bonchev–Trinajstić information content (AvgIpc) is 2.85. The van der Waals surface area contributed by atoms with Gasteiger partial charge in [-0.05, 0) is 48.5 Å². The molecule has 2 saturated heterocycles. The molecule has 10 nitrogen and oxygen atoms in total. The van der Waals surface area contributed by atoms with Gasteiger partial charge < -0.3 is 9.47 Å². The summed E-state index contributed by atoms with van der Waals surface area (Å²) in [6, 6.07) is 9.98. The number of morpholine rings is 2. The molecule has 0 unspecified atom stereocenters. The lowest BCUT2D eigenvalue weighted by Crippen LogP contribution is -2.40. The summed E-state index contributed by atoms with van der Waals surface area (Å²) in [6.45, 7) is 2.19. The van der Waals surface area contributed by atoms with Crippen LogP contribution in [0.5, 0.6) is 0 Å². The first kappa shape index (κ1) is 24.3. The predicted molar refractivity (Wildman–Crippen MR) is 117 cm³/mol. The van der Waals surface area contributed by atoms with Crippen LogP contribution in [0.25, 0.3) is 0 Å². The fourth-order valence-electron chi connectivity index (χ4n) is 3.59. The van der Waals surface area contributed by atoms with Crippen molar-refractivity contribution in [2.24, 2.45) is 0 Å². The van der Waals surface area contributed by atoms with E-state index in [-0.39, 0.29) is 45.8 Å². The van der Waals surface area contributed by atoms with Crippen molar-refractivity contribution in [2.45, 2.75) is 19.6 Å². The molecule has 0 N–H and O–H groups in total. The Morgan fingerprint density at radius 1 is 0.485 bits per heavy atom. The van der Waals surface area contributed by atoms with Gasteiger partial charge in [-0.2, -0.15) is 8.61 Å². The summed E-state index contributed by atoms with van der Waals surface area (Å²) in [7, 11) is -11.5. The van der Waals surface area contributed by atoms with Crippen molar-refractivity contribution in [3.8, 4) is 0 Å². The highest BCUT2D eigenvalue weighted by Crippen LogP contribution is 2.26. The number of sulfonamides is 2. The Morgan fingerprint density at radius 2 is 0.758 bits per heavy atom. The number of ether oxygens (including phenoxy) is 2. The minimum Gasteiger partial charge on any atom is -0.379 e. The van der Waals surface area contributed by atoms with Crippen LogP contribution in [-0.2, 0) is 39.4 Å². The van der Waals surface area contributed by atoms with Crippen LogP contribution in [0, 0.1) is 0 Å². The average molecular weight is 517 g/mol. The van der Waals surface area contributed by atoms with Gasteiger partial charge in [0.25, 0.3) is 0 Å². The molecule has 2 aromatic rings. The maximum absolute atomic E-state index is 13.0. The summed E-state index contributed by atoms with van der Waals surface area (Å²) in [5, 5.41) is 0. The highest BCUT2D eigenvalue weighted by atomic mass is 32.2. The minimum atomic E-state index is -3.97. The highest BCUT2D eigenvalue weighted by Gasteiger charge is 2.29. The molecule has 4 rings (SSSR count). The van der Waals surface area contributed by atoms with E-state index in [4.69, 9.17) is 9.47 Å². The van der Waals surface area contributed by atoms with E-state index in [2.05, 4.69) is 0 Å². The zero-order chi connectivity index (χ0) is 23.7. The van der Waals surface area contributed by atoms with Gasteiger partial charge in [0.05, 0.1) is 46.0 Å². The van der Waals surface area contributed by atoms with Gasteiger partial charge in [-0.3, -0.25) is 0 Å². The molecule has 0 amide bonds. The molecular weight excluding hydrogens is 492 g/mol. The number of rotatable bonds is 6. The Kier molecular flexibility index (Phi) is 6.92. The topological polar surface area (TPSA) is 127 Å². The Labute approximate surface area is 193 Å². The van der Waals surface area contributed by atoms with Crippen LogP contribution < -0.4 is 0 Å². The SMILES string of the molecule is O=S(=O)(c1ccc(S(=O)(=O)N2CCOCC2)cc1)c1ccc(S(=O)(=O)N2CCOCC2)cc1. The minimum absolute atomic E-state index is 0.00435. The van der Waals surface area contributed by atoms with Gasteiger partial charge >= 0.3 is 0 Å². The van der Waals surface area contributed by atoms with E-state index < -0.39 is 29.9 Å². The molecule has 0 spiro atoms. The van der Waals surface area contributed by atoms with Crippen molar-refractivity contribution < 1.29 is 34.7 Å². The summed E-state index contributed by atoms with van der Waals surface area (Å²) < 4.78 is 89.9. The van der Waals surface area contributed by atoms with E-state index in [0.29, 0.717) is 26.4 Å². The van der Waals surface area contributed by atoms with Gasteiger partial charge in [0, 0.05) is 26.2 Å². The molecule has 2 fully saturated rings. The van der Waals surface area contributed by atoms with E-state index in [9.17, 15) is 25.3 Å². The van der Waals surface area contributed by atoms with E-state index in [1.807, 2.05) is 0 Å². The molecule has 0 aromatic heterocycles. The third-order valence-electron chi connectivity index (χ3n) is 5.48. The van der Waals surface area contributed by atoms with Crippen molar-refractivity contribution in [2.75, 3.05) is 52.6 Å². The maximum atomic E-state index is 13.0. The first-order valence-corrected chi connectivity index (χ1v) is 14.6. The molecule has 2 heterocycles. The van der Waals surface area contributed by atoms with Gasteiger partial charge in [-0.25, -0.2) is 25.3 Å². The summed E-state index contributed by atoms with van der Waals surface area (Å²) in [5.41, 5.74) is 0. The van der Waals surface area contributed by atoms with E-state index in [0.717, 1.165) is 0 Å². The van der Waals surface area contributed by atoms with Gasteiger partial charge in [-0.15, -0.1) is 0 Å². The fraction of sp³-hybridized carbons (Fsp3) is 0.400. The van der Waals surface area contributed by atoms with Crippen LogP contribution in [0.4, 0.5) is 0 Å². The second kappa shape index (κ2) is 9.41. The van der Waals surface area contributed by atoms with Gasteiger partial charge in [0.2, 0.25) is 29.9 Å². The Hall–Kier alpha value is -1.87. The summed E-state index contributed by atoms with van der Waals surface area (Å²) in [6.07, 6.45) is 0. The molecule has 180 valence electrons.